The summed E-state index contributed by atoms with van der Waals surface area (Å²) in [5.74, 6) is 0.941. The number of methoxy groups -OCH3 is 1. The molecular weight excluding hydrogens is 348 g/mol. The van der Waals surface area contributed by atoms with Gasteiger partial charge in [-0.1, -0.05) is 48.0 Å². The third-order valence-corrected chi connectivity index (χ3v) is 5.29. The fourth-order valence-corrected chi connectivity index (χ4v) is 3.56. The largest absolute Gasteiger partial charge is 0.496 e. The maximum atomic E-state index is 12.6. The van der Waals surface area contributed by atoms with Gasteiger partial charge >= 0.3 is 0 Å². The molecule has 0 spiro atoms. The summed E-state index contributed by atoms with van der Waals surface area (Å²) in [6.45, 7) is 2.34. The van der Waals surface area contributed by atoms with Crippen LogP contribution in [-0.2, 0) is 17.8 Å². The van der Waals surface area contributed by atoms with Crippen molar-refractivity contribution in [3.05, 3.63) is 64.7 Å². The minimum atomic E-state index is 0.166. The molecule has 0 bridgehead atoms. The van der Waals surface area contributed by atoms with Crippen LogP contribution in [0.5, 0.6) is 5.75 Å². The summed E-state index contributed by atoms with van der Waals surface area (Å²) in [4.78, 5) is 14.6. The molecule has 1 amide bonds. The zero-order valence-electron chi connectivity index (χ0n) is 15.1. The summed E-state index contributed by atoms with van der Waals surface area (Å²) in [6.07, 6.45) is 2.31. The number of amides is 1. The molecule has 1 fully saturated rings. The van der Waals surface area contributed by atoms with Gasteiger partial charge in [-0.25, -0.2) is 0 Å². The van der Waals surface area contributed by atoms with Gasteiger partial charge in [-0.3, -0.25) is 4.79 Å². The Labute approximate surface area is 160 Å². The average molecular weight is 373 g/mol. The number of halogens is 1. The van der Waals surface area contributed by atoms with Crippen LogP contribution in [-0.4, -0.2) is 37.0 Å². The minimum absolute atomic E-state index is 0.166. The van der Waals surface area contributed by atoms with Gasteiger partial charge in [-0.2, -0.15) is 0 Å². The third kappa shape index (κ3) is 4.77. The number of hydrogen-bond acceptors (Lipinski definition) is 3. The molecule has 2 aromatic carbocycles. The van der Waals surface area contributed by atoms with Crippen molar-refractivity contribution in [2.24, 2.45) is 0 Å². The van der Waals surface area contributed by atoms with Crippen LogP contribution in [0.15, 0.2) is 48.5 Å². The van der Waals surface area contributed by atoms with Crippen molar-refractivity contribution in [1.29, 1.82) is 0 Å². The van der Waals surface area contributed by atoms with Gasteiger partial charge in [0, 0.05) is 36.3 Å². The standard InChI is InChI=1S/C21H25ClN2O2/c1-26-20-9-5-3-6-16(20)14-21(25)24-12-10-18(11-13-24)23-15-17-7-2-4-8-19(17)22/h2-9,18,23H,10-15H2,1H3. The van der Waals surface area contributed by atoms with E-state index < -0.39 is 0 Å². The molecule has 1 aliphatic rings. The van der Waals surface area contributed by atoms with E-state index in [4.69, 9.17) is 16.3 Å². The normalized spacial score (nSPS) is 15.1. The Morgan fingerprint density at radius 3 is 2.46 bits per heavy atom. The molecule has 26 heavy (non-hydrogen) atoms. The SMILES string of the molecule is COc1ccccc1CC(=O)N1CCC(NCc2ccccc2Cl)CC1. The van der Waals surface area contributed by atoms with Crippen LogP contribution >= 0.6 is 11.6 Å². The van der Waals surface area contributed by atoms with Gasteiger partial charge < -0.3 is 15.0 Å². The number of rotatable bonds is 6. The molecule has 1 saturated heterocycles. The number of carbonyl (C=O) groups excluding carboxylic acids is 1. The summed E-state index contributed by atoms with van der Waals surface area (Å²) in [5.41, 5.74) is 2.06. The molecule has 1 N–H and O–H groups in total. The number of hydrogen-bond donors (Lipinski definition) is 1. The van der Waals surface area contributed by atoms with Crippen LogP contribution in [0.1, 0.15) is 24.0 Å². The van der Waals surface area contributed by atoms with Crippen LogP contribution in [0.25, 0.3) is 0 Å². The highest BCUT2D eigenvalue weighted by atomic mass is 35.5. The van der Waals surface area contributed by atoms with Crippen molar-refractivity contribution in [3.8, 4) is 5.75 Å². The van der Waals surface area contributed by atoms with Gasteiger partial charge in [0.2, 0.25) is 5.91 Å². The highest BCUT2D eigenvalue weighted by Gasteiger charge is 2.23. The number of likely N-dealkylation sites (tertiary alicyclic amines) is 1. The van der Waals surface area contributed by atoms with E-state index in [0.717, 1.165) is 54.4 Å². The van der Waals surface area contributed by atoms with E-state index in [1.165, 1.54) is 0 Å². The molecule has 0 saturated carbocycles. The molecule has 1 heterocycles. The second kappa shape index (κ2) is 9.06. The van der Waals surface area contributed by atoms with E-state index in [2.05, 4.69) is 5.32 Å². The zero-order valence-corrected chi connectivity index (χ0v) is 15.8. The lowest BCUT2D eigenvalue weighted by Crippen LogP contribution is -2.45. The molecule has 0 aromatic heterocycles. The van der Waals surface area contributed by atoms with Gasteiger partial charge in [0.25, 0.3) is 0 Å². The van der Waals surface area contributed by atoms with Crippen molar-refractivity contribution in [3.63, 3.8) is 0 Å². The summed E-state index contributed by atoms with van der Waals surface area (Å²) in [6, 6.07) is 16.0. The number of carbonyl (C=O) groups is 1. The molecule has 4 nitrogen and oxygen atoms in total. The molecule has 0 unspecified atom stereocenters. The summed E-state index contributed by atoms with van der Waals surface area (Å²) in [5, 5.41) is 4.36. The van der Waals surface area contributed by atoms with Crippen molar-refractivity contribution in [2.45, 2.75) is 31.8 Å². The topological polar surface area (TPSA) is 41.6 Å². The second-order valence-electron chi connectivity index (χ2n) is 6.62. The number of benzene rings is 2. The van der Waals surface area contributed by atoms with Crippen molar-refractivity contribution < 1.29 is 9.53 Å². The molecule has 138 valence electrons. The van der Waals surface area contributed by atoms with Crippen LogP contribution in [0.3, 0.4) is 0 Å². The average Bonchev–Trinajstić information content (AvgIpc) is 2.68. The highest BCUT2D eigenvalue weighted by molar-refractivity contribution is 6.31. The first-order valence-corrected chi connectivity index (χ1v) is 9.41. The van der Waals surface area contributed by atoms with Crippen LogP contribution in [0, 0.1) is 0 Å². The van der Waals surface area contributed by atoms with Crippen LogP contribution in [0.2, 0.25) is 5.02 Å². The monoisotopic (exact) mass is 372 g/mol. The third-order valence-electron chi connectivity index (χ3n) is 4.92. The Hall–Kier alpha value is -2.04. The maximum absolute atomic E-state index is 12.6. The van der Waals surface area contributed by atoms with Gasteiger partial charge in [-0.05, 0) is 30.5 Å². The Morgan fingerprint density at radius 2 is 1.77 bits per heavy atom. The zero-order chi connectivity index (χ0) is 18.4. The van der Waals surface area contributed by atoms with Crippen LogP contribution < -0.4 is 10.1 Å². The predicted octanol–water partition coefficient (Wildman–Crippen LogP) is 3.67. The van der Waals surface area contributed by atoms with Gasteiger partial charge in [0.1, 0.15) is 5.75 Å². The lowest BCUT2D eigenvalue weighted by molar-refractivity contribution is -0.131. The Kier molecular flexibility index (Phi) is 6.53. The van der Waals surface area contributed by atoms with E-state index >= 15 is 0 Å². The maximum Gasteiger partial charge on any atom is 0.227 e. The minimum Gasteiger partial charge on any atom is -0.496 e. The lowest BCUT2D eigenvalue weighted by Gasteiger charge is -2.32. The molecule has 0 aliphatic carbocycles. The predicted molar refractivity (Wildman–Crippen MR) is 105 cm³/mol. The first-order chi connectivity index (χ1) is 12.7. The molecular formula is C21H25ClN2O2. The summed E-state index contributed by atoms with van der Waals surface area (Å²) < 4.78 is 5.34. The fraction of sp³-hybridized carbons (Fsp3) is 0.381. The first kappa shape index (κ1) is 18.7. The Morgan fingerprint density at radius 1 is 1.12 bits per heavy atom. The van der Waals surface area contributed by atoms with Crippen molar-refractivity contribution in [1.82, 2.24) is 10.2 Å². The first-order valence-electron chi connectivity index (χ1n) is 9.04. The highest BCUT2D eigenvalue weighted by Crippen LogP contribution is 2.20. The molecule has 0 atom stereocenters. The van der Waals surface area contributed by atoms with Crippen LogP contribution in [0.4, 0.5) is 0 Å². The van der Waals surface area contributed by atoms with Gasteiger partial charge in [0.05, 0.1) is 13.5 Å². The summed E-state index contributed by atoms with van der Waals surface area (Å²) >= 11 is 6.21. The van der Waals surface area contributed by atoms with Crippen molar-refractivity contribution in [2.75, 3.05) is 20.2 Å². The molecule has 2 aromatic rings. The van der Waals surface area contributed by atoms with E-state index in [1.54, 1.807) is 7.11 Å². The molecule has 5 heteroatoms. The number of piperidine rings is 1. The molecule has 1 aliphatic heterocycles. The number of ether oxygens (including phenoxy) is 1. The molecule has 3 rings (SSSR count). The smallest absolute Gasteiger partial charge is 0.227 e. The van der Waals surface area contributed by atoms with E-state index in [9.17, 15) is 4.79 Å². The van der Waals surface area contributed by atoms with Gasteiger partial charge in [0.15, 0.2) is 0 Å². The summed E-state index contributed by atoms with van der Waals surface area (Å²) in [7, 11) is 1.64. The number of para-hydroxylation sites is 1. The lowest BCUT2D eigenvalue weighted by atomic mass is 10.0. The van der Waals surface area contributed by atoms with Crippen molar-refractivity contribution >= 4 is 17.5 Å². The Balaban J connectivity index is 1.47. The van der Waals surface area contributed by atoms with E-state index in [1.807, 2.05) is 53.4 Å². The van der Waals surface area contributed by atoms with E-state index in [0.29, 0.717) is 12.5 Å². The second-order valence-corrected chi connectivity index (χ2v) is 7.02. The quantitative estimate of drug-likeness (QED) is 0.841. The number of nitrogens with one attached hydrogen (secondary N) is 1. The molecule has 0 radical (unpaired) electrons. The fourth-order valence-electron chi connectivity index (χ4n) is 3.35. The Bertz CT molecular complexity index is 742. The number of nitrogens with zero attached hydrogens (tertiary/aromatic N) is 1. The van der Waals surface area contributed by atoms with Gasteiger partial charge in [-0.15, -0.1) is 0 Å². The van der Waals surface area contributed by atoms with E-state index in [-0.39, 0.29) is 5.91 Å².